The number of carbonyl (C=O) groups excluding carboxylic acids is 1. The van der Waals surface area contributed by atoms with Gasteiger partial charge in [-0.1, -0.05) is 44.2 Å². The fourth-order valence-electron chi connectivity index (χ4n) is 2.22. The van der Waals surface area contributed by atoms with Gasteiger partial charge in [-0.25, -0.2) is 0 Å². The molecular weight excluding hydrogens is 276 g/mol. The molecule has 0 N–H and O–H groups in total. The predicted molar refractivity (Wildman–Crippen MR) is 83.9 cm³/mol. The molecule has 5 nitrogen and oxygen atoms in total. The maximum absolute atomic E-state index is 12.6. The van der Waals surface area contributed by atoms with Gasteiger partial charge in [0.2, 0.25) is 0 Å². The Labute approximate surface area is 130 Å². The molecule has 0 saturated heterocycles. The van der Waals surface area contributed by atoms with Gasteiger partial charge in [0.15, 0.2) is 0 Å². The molecule has 0 saturated carbocycles. The van der Waals surface area contributed by atoms with Crippen molar-refractivity contribution in [2.75, 3.05) is 6.54 Å². The van der Waals surface area contributed by atoms with Crippen LogP contribution < -0.4 is 0 Å². The van der Waals surface area contributed by atoms with E-state index in [1.54, 1.807) is 17.1 Å². The molecule has 0 bridgehead atoms. The van der Waals surface area contributed by atoms with Crippen LogP contribution in [0.15, 0.2) is 42.7 Å². The fraction of sp³-hybridized carbons (Fsp3) is 0.353. The first-order valence-corrected chi connectivity index (χ1v) is 7.32. The number of amides is 1. The van der Waals surface area contributed by atoms with Crippen LogP contribution in [0, 0.1) is 17.2 Å². The van der Waals surface area contributed by atoms with Crippen molar-refractivity contribution < 1.29 is 4.79 Å². The van der Waals surface area contributed by atoms with Gasteiger partial charge in [-0.15, -0.1) is 0 Å². The topological polar surface area (TPSA) is 61.9 Å². The van der Waals surface area contributed by atoms with E-state index in [0.29, 0.717) is 18.0 Å². The molecule has 0 spiro atoms. The fourth-order valence-corrected chi connectivity index (χ4v) is 2.22. The molecule has 1 aromatic heterocycles. The quantitative estimate of drug-likeness (QED) is 0.770. The highest BCUT2D eigenvalue weighted by molar-refractivity contribution is 5.93. The molecule has 0 fully saturated rings. The van der Waals surface area contributed by atoms with E-state index in [2.05, 4.69) is 25.0 Å². The Morgan fingerprint density at radius 1 is 1.36 bits per heavy atom. The molecule has 2 aromatic rings. The second kappa shape index (κ2) is 7.41. The van der Waals surface area contributed by atoms with Gasteiger partial charge in [0.1, 0.15) is 6.54 Å². The van der Waals surface area contributed by atoms with Gasteiger partial charge in [-0.05, 0) is 11.5 Å². The molecule has 1 aromatic carbocycles. The largest absolute Gasteiger partial charge is 0.321 e. The summed E-state index contributed by atoms with van der Waals surface area (Å²) in [5, 5.41) is 13.2. The average Bonchev–Trinajstić information content (AvgIpc) is 2.95. The molecule has 114 valence electrons. The van der Waals surface area contributed by atoms with Crippen molar-refractivity contribution >= 4 is 5.91 Å². The number of benzene rings is 1. The maximum Gasteiger partial charge on any atom is 0.258 e. The van der Waals surface area contributed by atoms with Crippen molar-refractivity contribution in [1.82, 2.24) is 14.7 Å². The lowest BCUT2D eigenvalue weighted by atomic mass is 10.2. The Balaban J connectivity index is 2.12. The summed E-state index contributed by atoms with van der Waals surface area (Å²) in [6.45, 7) is 5.44. The van der Waals surface area contributed by atoms with Crippen LogP contribution in [0.3, 0.4) is 0 Å². The second-order valence-corrected chi connectivity index (χ2v) is 5.65. The van der Waals surface area contributed by atoms with E-state index in [1.807, 2.05) is 30.3 Å². The molecule has 0 aliphatic heterocycles. The van der Waals surface area contributed by atoms with Crippen molar-refractivity contribution in [3.63, 3.8) is 0 Å². The zero-order valence-corrected chi connectivity index (χ0v) is 12.9. The molecule has 1 amide bonds. The van der Waals surface area contributed by atoms with Gasteiger partial charge in [-0.2, -0.15) is 10.4 Å². The third-order valence-corrected chi connectivity index (χ3v) is 3.20. The standard InChI is InChI=1S/C17H20N4O/c1-14(2)11-21-13-16(10-19-21)17(22)20(9-8-18)12-15-6-4-3-5-7-15/h3-7,10,13-14H,9,11-12H2,1-2H3. The van der Waals surface area contributed by atoms with Crippen LogP contribution >= 0.6 is 0 Å². The number of aromatic nitrogens is 2. The molecule has 22 heavy (non-hydrogen) atoms. The van der Waals surface area contributed by atoms with Crippen molar-refractivity contribution in [2.45, 2.75) is 26.9 Å². The van der Waals surface area contributed by atoms with E-state index in [4.69, 9.17) is 5.26 Å². The average molecular weight is 296 g/mol. The van der Waals surface area contributed by atoms with Gasteiger partial charge in [0.25, 0.3) is 5.91 Å². The number of nitriles is 1. The molecule has 0 aliphatic carbocycles. The summed E-state index contributed by atoms with van der Waals surface area (Å²) in [6.07, 6.45) is 3.32. The molecular formula is C17H20N4O. The number of hydrogen-bond acceptors (Lipinski definition) is 3. The van der Waals surface area contributed by atoms with Crippen LogP contribution in [-0.4, -0.2) is 27.1 Å². The van der Waals surface area contributed by atoms with Crippen LogP contribution in [0.1, 0.15) is 29.8 Å². The summed E-state index contributed by atoms with van der Waals surface area (Å²) < 4.78 is 1.77. The lowest BCUT2D eigenvalue weighted by Gasteiger charge is -2.18. The van der Waals surface area contributed by atoms with E-state index in [-0.39, 0.29) is 12.5 Å². The van der Waals surface area contributed by atoms with E-state index in [0.717, 1.165) is 12.1 Å². The van der Waals surface area contributed by atoms with Gasteiger partial charge < -0.3 is 4.90 Å². The highest BCUT2D eigenvalue weighted by Crippen LogP contribution is 2.10. The van der Waals surface area contributed by atoms with Gasteiger partial charge in [0, 0.05) is 19.3 Å². The predicted octanol–water partition coefficient (Wildman–Crippen LogP) is 2.71. The molecule has 1 heterocycles. The number of carbonyl (C=O) groups is 1. The molecule has 0 atom stereocenters. The Morgan fingerprint density at radius 3 is 2.73 bits per heavy atom. The minimum atomic E-state index is -0.166. The molecule has 0 radical (unpaired) electrons. The lowest BCUT2D eigenvalue weighted by Crippen LogP contribution is -2.30. The van der Waals surface area contributed by atoms with Crippen LogP contribution in [0.5, 0.6) is 0 Å². The number of rotatable bonds is 6. The first-order valence-electron chi connectivity index (χ1n) is 7.32. The first kappa shape index (κ1) is 15.8. The maximum atomic E-state index is 12.6. The zero-order valence-electron chi connectivity index (χ0n) is 12.9. The van der Waals surface area contributed by atoms with E-state index in [9.17, 15) is 4.79 Å². The highest BCUT2D eigenvalue weighted by atomic mass is 16.2. The zero-order chi connectivity index (χ0) is 15.9. The molecule has 2 rings (SSSR count). The Morgan fingerprint density at radius 2 is 2.09 bits per heavy atom. The third kappa shape index (κ3) is 4.19. The summed E-state index contributed by atoms with van der Waals surface area (Å²) in [4.78, 5) is 14.1. The first-order chi connectivity index (χ1) is 10.6. The monoisotopic (exact) mass is 296 g/mol. The summed E-state index contributed by atoms with van der Waals surface area (Å²) in [5.41, 5.74) is 1.52. The second-order valence-electron chi connectivity index (χ2n) is 5.65. The Kier molecular flexibility index (Phi) is 5.31. The van der Waals surface area contributed by atoms with Gasteiger partial charge in [0.05, 0.1) is 17.8 Å². The minimum absolute atomic E-state index is 0.0586. The summed E-state index contributed by atoms with van der Waals surface area (Å²) >= 11 is 0. The molecule has 0 unspecified atom stereocenters. The van der Waals surface area contributed by atoms with Gasteiger partial charge >= 0.3 is 0 Å². The molecule has 0 aliphatic rings. The van der Waals surface area contributed by atoms with Crippen molar-refractivity contribution in [1.29, 1.82) is 5.26 Å². The van der Waals surface area contributed by atoms with E-state index >= 15 is 0 Å². The summed E-state index contributed by atoms with van der Waals surface area (Å²) in [6, 6.07) is 11.7. The smallest absolute Gasteiger partial charge is 0.258 e. The molecule has 5 heteroatoms. The lowest BCUT2D eigenvalue weighted by molar-refractivity contribution is 0.0765. The SMILES string of the molecule is CC(C)Cn1cc(C(=O)N(CC#N)Cc2ccccc2)cn1. The minimum Gasteiger partial charge on any atom is -0.321 e. The summed E-state index contributed by atoms with van der Waals surface area (Å²) in [5.74, 6) is 0.294. The van der Waals surface area contributed by atoms with Crippen LogP contribution in [0.2, 0.25) is 0 Å². The van der Waals surface area contributed by atoms with E-state index < -0.39 is 0 Å². The van der Waals surface area contributed by atoms with Crippen LogP contribution in [-0.2, 0) is 13.1 Å². The van der Waals surface area contributed by atoms with Crippen molar-refractivity contribution in [3.8, 4) is 6.07 Å². The number of hydrogen-bond donors (Lipinski definition) is 0. The Bertz CT molecular complexity index is 655. The van der Waals surface area contributed by atoms with E-state index in [1.165, 1.54) is 4.90 Å². The van der Waals surface area contributed by atoms with Gasteiger partial charge in [-0.3, -0.25) is 9.48 Å². The summed E-state index contributed by atoms with van der Waals surface area (Å²) in [7, 11) is 0. The highest BCUT2D eigenvalue weighted by Gasteiger charge is 2.17. The third-order valence-electron chi connectivity index (χ3n) is 3.20. The van der Waals surface area contributed by atoms with Crippen LogP contribution in [0.4, 0.5) is 0 Å². The van der Waals surface area contributed by atoms with Crippen LogP contribution in [0.25, 0.3) is 0 Å². The normalized spacial score (nSPS) is 10.5. The number of nitrogens with zero attached hydrogens (tertiary/aromatic N) is 4. The van der Waals surface area contributed by atoms with Crippen molar-refractivity contribution in [2.24, 2.45) is 5.92 Å². The Hall–Kier alpha value is -2.61. The van der Waals surface area contributed by atoms with Crippen molar-refractivity contribution in [3.05, 3.63) is 53.9 Å².